The molecule has 0 unspecified atom stereocenters. The first-order valence-corrected chi connectivity index (χ1v) is 7.73. The summed E-state index contributed by atoms with van der Waals surface area (Å²) in [5, 5.41) is 6.42. The molecular weight excluding hydrogens is 304 g/mol. The fourth-order valence-electron chi connectivity index (χ4n) is 2.80. The number of anilines is 1. The summed E-state index contributed by atoms with van der Waals surface area (Å²) < 4.78 is 0.986. The van der Waals surface area contributed by atoms with Crippen molar-refractivity contribution in [2.24, 2.45) is 5.41 Å². The largest absolute Gasteiger partial charge is 0.326 e. The Balaban J connectivity index is 2.11. The summed E-state index contributed by atoms with van der Waals surface area (Å²) in [5.41, 5.74) is 0.677. The number of carbonyl (C=O) groups is 1. The maximum atomic E-state index is 12.6. The molecule has 1 aromatic rings. The molecule has 1 aromatic carbocycles. The molecule has 0 radical (unpaired) electrons. The smallest absolute Gasteiger partial charge is 0.230 e. The van der Waals surface area contributed by atoms with E-state index in [0.29, 0.717) is 0 Å². The monoisotopic (exact) mass is 324 g/mol. The zero-order chi connectivity index (χ0) is 13.7. The van der Waals surface area contributed by atoms with Crippen molar-refractivity contribution >= 4 is 27.5 Å². The molecule has 2 rings (SSSR count). The average molecular weight is 325 g/mol. The Morgan fingerprint density at radius 2 is 2.16 bits per heavy atom. The molecule has 19 heavy (non-hydrogen) atoms. The Kier molecular flexibility index (Phi) is 4.99. The van der Waals surface area contributed by atoms with E-state index in [2.05, 4.69) is 33.5 Å². The lowest BCUT2D eigenvalue weighted by Gasteiger charge is -2.36. The zero-order valence-corrected chi connectivity index (χ0v) is 12.9. The summed E-state index contributed by atoms with van der Waals surface area (Å²) >= 11 is 3.43. The second-order valence-electron chi connectivity index (χ2n) is 5.24. The van der Waals surface area contributed by atoms with Gasteiger partial charge >= 0.3 is 0 Å². The van der Waals surface area contributed by atoms with Gasteiger partial charge in [0.2, 0.25) is 5.91 Å². The molecule has 4 heteroatoms. The molecule has 3 nitrogen and oxygen atoms in total. The highest BCUT2D eigenvalue weighted by Gasteiger charge is 2.38. The third-order valence-corrected chi connectivity index (χ3v) is 4.35. The van der Waals surface area contributed by atoms with Crippen LogP contribution in [0.4, 0.5) is 5.69 Å². The van der Waals surface area contributed by atoms with Crippen molar-refractivity contribution in [3.8, 4) is 0 Å². The second-order valence-corrected chi connectivity index (χ2v) is 6.16. The van der Waals surface area contributed by atoms with Gasteiger partial charge in [-0.05, 0) is 50.6 Å². The molecule has 0 aliphatic carbocycles. The third kappa shape index (κ3) is 3.57. The number of hydrogen-bond acceptors (Lipinski definition) is 2. The number of benzene rings is 1. The van der Waals surface area contributed by atoms with Crippen LogP contribution in [-0.2, 0) is 4.79 Å². The Hall–Kier alpha value is -0.870. The SMILES string of the molecule is CCCC1(C(=O)Nc2cccc(Br)c2)CCNCC1. The van der Waals surface area contributed by atoms with Crippen LogP contribution in [-0.4, -0.2) is 19.0 Å². The fraction of sp³-hybridized carbons (Fsp3) is 0.533. The number of amides is 1. The molecule has 1 aliphatic heterocycles. The number of rotatable bonds is 4. The number of halogens is 1. The van der Waals surface area contributed by atoms with Crippen molar-refractivity contribution in [1.29, 1.82) is 0 Å². The van der Waals surface area contributed by atoms with E-state index in [1.54, 1.807) is 0 Å². The van der Waals surface area contributed by atoms with Crippen molar-refractivity contribution in [3.05, 3.63) is 28.7 Å². The standard InChI is InChI=1S/C15H21BrN2O/c1-2-6-15(7-9-17-10-8-15)14(19)18-13-5-3-4-12(16)11-13/h3-5,11,17H,2,6-10H2,1H3,(H,18,19). The fourth-order valence-corrected chi connectivity index (χ4v) is 3.20. The predicted octanol–water partition coefficient (Wildman–Crippen LogP) is 3.56. The summed E-state index contributed by atoms with van der Waals surface area (Å²) in [6, 6.07) is 7.78. The number of carbonyl (C=O) groups excluding carboxylic acids is 1. The maximum absolute atomic E-state index is 12.6. The molecule has 2 N–H and O–H groups in total. The van der Waals surface area contributed by atoms with Gasteiger partial charge in [0.25, 0.3) is 0 Å². The first-order valence-electron chi connectivity index (χ1n) is 6.94. The van der Waals surface area contributed by atoms with Crippen LogP contribution in [0.25, 0.3) is 0 Å². The molecule has 0 saturated carbocycles. The molecule has 1 saturated heterocycles. The van der Waals surface area contributed by atoms with Gasteiger partial charge in [0.05, 0.1) is 5.41 Å². The van der Waals surface area contributed by atoms with Crippen LogP contribution in [0.1, 0.15) is 32.6 Å². The molecule has 0 atom stereocenters. The van der Waals surface area contributed by atoms with E-state index in [1.807, 2.05) is 24.3 Å². The average Bonchev–Trinajstić information content (AvgIpc) is 2.40. The highest BCUT2D eigenvalue weighted by molar-refractivity contribution is 9.10. The van der Waals surface area contributed by atoms with Gasteiger partial charge in [-0.25, -0.2) is 0 Å². The van der Waals surface area contributed by atoms with Crippen LogP contribution >= 0.6 is 15.9 Å². The molecule has 1 fully saturated rings. The Bertz CT molecular complexity index is 436. The van der Waals surface area contributed by atoms with E-state index < -0.39 is 0 Å². The zero-order valence-electron chi connectivity index (χ0n) is 11.3. The number of piperidine rings is 1. The van der Waals surface area contributed by atoms with Gasteiger partial charge in [-0.1, -0.05) is 35.3 Å². The van der Waals surface area contributed by atoms with Crippen molar-refractivity contribution in [1.82, 2.24) is 5.32 Å². The van der Waals surface area contributed by atoms with Crippen molar-refractivity contribution in [2.45, 2.75) is 32.6 Å². The van der Waals surface area contributed by atoms with E-state index >= 15 is 0 Å². The lowest BCUT2D eigenvalue weighted by atomic mass is 9.74. The molecule has 0 bridgehead atoms. The minimum Gasteiger partial charge on any atom is -0.326 e. The minimum absolute atomic E-state index is 0.175. The van der Waals surface area contributed by atoms with Gasteiger partial charge in [-0.3, -0.25) is 4.79 Å². The van der Waals surface area contributed by atoms with Crippen LogP contribution in [0.3, 0.4) is 0 Å². The molecule has 1 heterocycles. The molecule has 0 spiro atoms. The van der Waals surface area contributed by atoms with Gasteiger partial charge < -0.3 is 10.6 Å². The normalized spacial score (nSPS) is 18.0. The van der Waals surface area contributed by atoms with Crippen molar-refractivity contribution in [3.63, 3.8) is 0 Å². The molecule has 1 amide bonds. The Morgan fingerprint density at radius 3 is 2.79 bits per heavy atom. The van der Waals surface area contributed by atoms with Crippen molar-refractivity contribution < 1.29 is 4.79 Å². The van der Waals surface area contributed by atoms with Crippen LogP contribution < -0.4 is 10.6 Å². The molecule has 0 aromatic heterocycles. The predicted molar refractivity (Wildman–Crippen MR) is 82.2 cm³/mol. The first-order chi connectivity index (χ1) is 9.16. The highest BCUT2D eigenvalue weighted by atomic mass is 79.9. The maximum Gasteiger partial charge on any atom is 0.230 e. The van der Waals surface area contributed by atoms with Gasteiger partial charge in [0.15, 0.2) is 0 Å². The van der Waals surface area contributed by atoms with Gasteiger partial charge in [0.1, 0.15) is 0 Å². The Labute approximate surface area is 123 Å². The Morgan fingerprint density at radius 1 is 1.42 bits per heavy atom. The van der Waals surface area contributed by atoms with Gasteiger partial charge in [0, 0.05) is 10.2 Å². The van der Waals surface area contributed by atoms with Crippen LogP contribution in [0.2, 0.25) is 0 Å². The number of hydrogen-bond donors (Lipinski definition) is 2. The van der Waals surface area contributed by atoms with E-state index in [1.165, 1.54) is 0 Å². The summed E-state index contributed by atoms with van der Waals surface area (Å²) in [6.07, 6.45) is 3.88. The quantitative estimate of drug-likeness (QED) is 0.889. The van der Waals surface area contributed by atoms with Crippen molar-refractivity contribution in [2.75, 3.05) is 18.4 Å². The summed E-state index contributed by atoms with van der Waals surface area (Å²) in [5.74, 6) is 0.175. The van der Waals surface area contributed by atoms with Gasteiger partial charge in [-0.15, -0.1) is 0 Å². The summed E-state index contributed by atoms with van der Waals surface area (Å²) in [6.45, 7) is 4.02. The summed E-state index contributed by atoms with van der Waals surface area (Å²) in [7, 11) is 0. The van der Waals surface area contributed by atoms with E-state index in [-0.39, 0.29) is 11.3 Å². The van der Waals surface area contributed by atoms with Crippen LogP contribution in [0.5, 0.6) is 0 Å². The summed E-state index contributed by atoms with van der Waals surface area (Å²) in [4.78, 5) is 12.6. The van der Waals surface area contributed by atoms with E-state index in [4.69, 9.17) is 0 Å². The third-order valence-electron chi connectivity index (χ3n) is 3.85. The van der Waals surface area contributed by atoms with Crippen LogP contribution in [0.15, 0.2) is 28.7 Å². The topological polar surface area (TPSA) is 41.1 Å². The molecule has 1 aliphatic rings. The highest BCUT2D eigenvalue weighted by Crippen LogP contribution is 2.35. The van der Waals surface area contributed by atoms with Gasteiger partial charge in [-0.2, -0.15) is 0 Å². The van der Waals surface area contributed by atoms with E-state index in [9.17, 15) is 4.79 Å². The molecule has 104 valence electrons. The molecular formula is C15H21BrN2O. The lowest BCUT2D eigenvalue weighted by Crippen LogP contribution is -2.44. The number of nitrogens with one attached hydrogen (secondary N) is 2. The second kappa shape index (κ2) is 6.53. The lowest BCUT2D eigenvalue weighted by molar-refractivity contribution is -0.127. The van der Waals surface area contributed by atoms with Crippen LogP contribution in [0, 0.1) is 5.41 Å². The van der Waals surface area contributed by atoms with E-state index in [0.717, 1.165) is 48.9 Å². The minimum atomic E-state index is -0.192. The first kappa shape index (κ1) is 14.5.